The van der Waals surface area contributed by atoms with Crippen LogP contribution in [0.3, 0.4) is 0 Å². The Morgan fingerprint density at radius 2 is 2.12 bits per heavy atom. The summed E-state index contributed by atoms with van der Waals surface area (Å²) >= 11 is 0. The van der Waals surface area contributed by atoms with E-state index >= 15 is 0 Å². The van der Waals surface area contributed by atoms with E-state index in [1.807, 2.05) is 6.07 Å². The minimum absolute atomic E-state index is 0.174. The second-order valence-electron chi connectivity index (χ2n) is 3.25. The van der Waals surface area contributed by atoms with Crippen molar-refractivity contribution in [1.29, 1.82) is 0 Å². The van der Waals surface area contributed by atoms with Crippen molar-refractivity contribution in [2.75, 3.05) is 20.8 Å². The van der Waals surface area contributed by atoms with Crippen molar-refractivity contribution in [3.05, 3.63) is 23.8 Å². The molecule has 1 aromatic carbocycles. The number of amides is 1. The number of carbonyl (C=O) groups excluding carboxylic acids is 1. The van der Waals surface area contributed by atoms with Gasteiger partial charge in [0.05, 0.1) is 14.2 Å². The molecule has 0 fully saturated rings. The largest absolute Gasteiger partial charge is 0.497 e. The highest BCUT2D eigenvalue weighted by Gasteiger charge is 2.05. The normalized spacial score (nSPS) is 10.0. The van der Waals surface area contributed by atoms with Crippen molar-refractivity contribution in [1.82, 2.24) is 5.48 Å². The lowest BCUT2D eigenvalue weighted by Gasteiger charge is -2.10. The lowest BCUT2D eigenvalue weighted by molar-refractivity contribution is -0.125. The van der Waals surface area contributed by atoms with Crippen molar-refractivity contribution in [3.63, 3.8) is 0 Å². The minimum atomic E-state index is -0.532. The van der Waals surface area contributed by atoms with Gasteiger partial charge < -0.3 is 15.2 Å². The Hall–Kier alpha value is -1.79. The fraction of sp³-hybridized carbons (Fsp3) is 0.364. The second-order valence-corrected chi connectivity index (χ2v) is 3.25. The van der Waals surface area contributed by atoms with E-state index in [0.717, 1.165) is 11.3 Å². The first-order chi connectivity index (χ1) is 8.17. The molecule has 0 unspecified atom stereocenters. The summed E-state index contributed by atoms with van der Waals surface area (Å²) in [4.78, 5) is 15.3. The number of ether oxygens (including phenoxy) is 2. The highest BCUT2D eigenvalue weighted by Crippen LogP contribution is 2.23. The van der Waals surface area contributed by atoms with Gasteiger partial charge in [-0.15, -0.1) is 0 Å². The fourth-order valence-corrected chi connectivity index (χ4v) is 1.27. The maximum absolute atomic E-state index is 10.4. The Labute approximate surface area is 99.6 Å². The summed E-state index contributed by atoms with van der Waals surface area (Å²) in [6.45, 7) is 0.208. The molecule has 0 aliphatic carbocycles. The summed E-state index contributed by atoms with van der Waals surface area (Å²) in [5.74, 6) is 0.897. The molecule has 17 heavy (non-hydrogen) atoms. The molecule has 0 heterocycles. The maximum atomic E-state index is 10.4. The predicted octanol–water partition coefficient (Wildman–Crippen LogP) is 0.210. The third-order valence-electron chi connectivity index (χ3n) is 2.07. The molecule has 0 atom stereocenters. The molecule has 0 aliphatic heterocycles. The molecule has 0 saturated carbocycles. The predicted molar refractivity (Wildman–Crippen MR) is 61.5 cm³/mol. The highest BCUT2D eigenvalue weighted by molar-refractivity contribution is 5.74. The van der Waals surface area contributed by atoms with Crippen LogP contribution in [0.2, 0.25) is 0 Å². The molecular formula is C11H16N2O4. The van der Waals surface area contributed by atoms with Gasteiger partial charge in [0, 0.05) is 12.1 Å². The molecule has 0 spiro atoms. The van der Waals surface area contributed by atoms with Crippen molar-refractivity contribution >= 4 is 5.91 Å². The van der Waals surface area contributed by atoms with E-state index in [4.69, 9.17) is 20.0 Å². The molecular weight excluding hydrogens is 224 g/mol. The molecule has 0 saturated heterocycles. The topological polar surface area (TPSA) is 82.8 Å². The number of primary amides is 1. The van der Waals surface area contributed by atoms with Crippen LogP contribution in [0.1, 0.15) is 5.56 Å². The van der Waals surface area contributed by atoms with Crippen LogP contribution in [0, 0.1) is 0 Å². The van der Waals surface area contributed by atoms with Gasteiger partial charge in [-0.25, -0.2) is 0 Å². The highest BCUT2D eigenvalue weighted by atomic mass is 16.6. The quantitative estimate of drug-likeness (QED) is 0.526. The SMILES string of the molecule is COc1ccc(OC)c(CNOCC(N)=O)c1. The molecule has 1 aromatic rings. The summed E-state index contributed by atoms with van der Waals surface area (Å²) in [6, 6.07) is 5.41. The van der Waals surface area contributed by atoms with Gasteiger partial charge in [-0.2, -0.15) is 5.48 Å². The Kier molecular flexibility index (Phi) is 5.25. The van der Waals surface area contributed by atoms with E-state index < -0.39 is 5.91 Å². The summed E-state index contributed by atoms with van der Waals surface area (Å²) in [5, 5.41) is 0. The van der Waals surface area contributed by atoms with Gasteiger partial charge in [-0.3, -0.25) is 9.63 Å². The third kappa shape index (κ3) is 4.29. The number of hydrogen-bond acceptors (Lipinski definition) is 5. The number of methoxy groups -OCH3 is 2. The molecule has 94 valence electrons. The Balaban J connectivity index is 2.58. The summed E-state index contributed by atoms with van der Waals surface area (Å²) < 4.78 is 10.3. The summed E-state index contributed by atoms with van der Waals surface area (Å²) in [7, 11) is 3.16. The number of carbonyl (C=O) groups is 1. The van der Waals surface area contributed by atoms with E-state index in [1.165, 1.54) is 0 Å². The van der Waals surface area contributed by atoms with Crippen LogP contribution in [-0.2, 0) is 16.2 Å². The lowest BCUT2D eigenvalue weighted by atomic mass is 10.2. The molecule has 1 rings (SSSR count). The Morgan fingerprint density at radius 3 is 2.71 bits per heavy atom. The van der Waals surface area contributed by atoms with E-state index in [-0.39, 0.29) is 6.61 Å². The number of benzene rings is 1. The lowest BCUT2D eigenvalue weighted by Crippen LogP contribution is -2.24. The first-order valence-electron chi connectivity index (χ1n) is 5.01. The fourth-order valence-electron chi connectivity index (χ4n) is 1.27. The molecule has 0 aromatic heterocycles. The first-order valence-corrected chi connectivity index (χ1v) is 5.01. The molecule has 6 nitrogen and oxygen atoms in total. The standard InChI is InChI=1S/C11H16N2O4/c1-15-9-3-4-10(16-2)8(5-9)6-13-17-7-11(12)14/h3-5,13H,6-7H2,1-2H3,(H2,12,14). The van der Waals surface area contributed by atoms with E-state index in [1.54, 1.807) is 26.4 Å². The van der Waals surface area contributed by atoms with Crippen LogP contribution in [0.5, 0.6) is 11.5 Å². The van der Waals surface area contributed by atoms with Crippen LogP contribution in [-0.4, -0.2) is 26.7 Å². The van der Waals surface area contributed by atoms with Crippen molar-refractivity contribution in [2.24, 2.45) is 5.73 Å². The summed E-state index contributed by atoms with van der Waals surface area (Å²) in [5.41, 5.74) is 8.41. The molecule has 0 bridgehead atoms. The van der Waals surface area contributed by atoms with E-state index in [2.05, 4.69) is 5.48 Å². The van der Waals surface area contributed by atoms with Crippen LogP contribution < -0.4 is 20.7 Å². The van der Waals surface area contributed by atoms with E-state index in [0.29, 0.717) is 12.3 Å². The maximum Gasteiger partial charge on any atom is 0.245 e. The van der Waals surface area contributed by atoms with Crippen molar-refractivity contribution < 1.29 is 19.1 Å². The van der Waals surface area contributed by atoms with Crippen LogP contribution >= 0.6 is 0 Å². The zero-order valence-corrected chi connectivity index (χ0v) is 9.86. The number of hydroxylamine groups is 1. The molecule has 3 N–H and O–H groups in total. The van der Waals surface area contributed by atoms with Gasteiger partial charge in [0.25, 0.3) is 0 Å². The Bertz CT molecular complexity index is 382. The smallest absolute Gasteiger partial charge is 0.245 e. The van der Waals surface area contributed by atoms with Crippen LogP contribution in [0.25, 0.3) is 0 Å². The average Bonchev–Trinajstić information content (AvgIpc) is 2.34. The third-order valence-corrected chi connectivity index (χ3v) is 2.07. The number of nitrogens with one attached hydrogen (secondary N) is 1. The first kappa shape index (κ1) is 13.3. The summed E-state index contributed by atoms with van der Waals surface area (Å²) in [6.07, 6.45) is 0. The van der Waals surface area contributed by atoms with Gasteiger partial charge in [0.2, 0.25) is 5.91 Å². The number of nitrogens with two attached hydrogens (primary N) is 1. The zero-order chi connectivity index (χ0) is 12.7. The average molecular weight is 240 g/mol. The van der Waals surface area contributed by atoms with Crippen LogP contribution in [0.4, 0.5) is 0 Å². The zero-order valence-electron chi connectivity index (χ0n) is 9.86. The molecule has 0 aliphatic rings. The van der Waals surface area contributed by atoms with Gasteiger partial charge in [0.1, 0.15) is 18.1 Å². The second kappa shape index (κ2) is 6.72. The van der Waals surface area contributed by atoms with Crippen molar-refractivity contribution in [3.8, 4) is 11.5 Å². The number of hydrogen-bond donors (Lipinski definition) is 2. The van der Waals surface area contributed by atoms with Gasteiger partial charge in [0.15, 0.2) is 0 Å². The van der Waals surface area contributed by atoms with Gasteiger partial charge >= 0.3 is 0 Å². The molecule has 0 radical (unpaired) electrons. The monoisotopic (exact) mass is 240 g/mol. The van der Waals surface area contributed by atoms with Crippen LogP contribution in [0.15, 0.2) is 18.2 Å². The Morgan fingerprint density at radius 1 is 1.35 bits per heavy atom. The van der Waals surface area contributed by atoms with Gasteiger partial charge in [-0.1, -0.05) is 0 Å². The van der Waals surface area contributed by atoms with Gasteiger partial charge in [-0.05, 0) is 18.2 Å². The minimum Gasteiger partial charge on any atom is -0.497 e. The molecule has 1 amide bonds. The molecule has 6 heteroatoms. The van der Waals surface area contributed by atoms with Crippen molar-refractivity contribution in [2.45, 2.75) is 6.54 Å². The van der Waals surface area contributed by atoms with E-state index in [9.17, 15) is 4.79 Å². The number of rotatable bonds is 7.